The van der Waals surface area contributed by atoms with Gasteiger partial charge in [0.2, 0.25) is 0 Å². The summed E-state index contributed by atoms with van der Waals surface area (Å²) >= 11 is 9.13. The third kappa shape index (κ3) is 2.34. The number of hydrogen-bond acceptors (Lipinski definition) is 5. The molecule has 3 heterocycles. The topological polar surface area (TPSA) is 32.8 Å². The molecule has 4 nitrogen and oxygen atoms in total. The highest BCUT2D eigenvalue weighted by molar-refractivity contribution is 8.00. The molecular weight excluding hydrogens is 348 g/mol. The summed E-state index contributed by atoms with van der Waals surface area (Å²) < 4.78 is 5.18. The number of amides is 1. The molecule has 2 aliphatic heterocycles. The van der Waals surface area contributed by atoms with Crippen LogP contribution in [0.25, 0.3) is 0 Å². The van der Waals surface area contributed by atoms with Crippen LogP contribution in [0.5, 0.6) is 5.75 Å². The average molecular weight is 363 g/mol. The Hall–Kier alpha value is -1.57. The Labute approximate surface area is 148 Å². The van der Waals surface area contributed by atoms with Gasteiger partial charge >= 0.3 is 0 Å². The molecule has 2 aromatic rings. The Morgan fingerprint density at radius 2 is 2.04 bits per heavy atom. The van der Waals surface area contributed by atoms with Crippen LogP contribution in [0.4, 0.5) is 5.69 Å². The zero-order valence-electron chi connectivity index (χ0n) is 12.3. The second-order valence-electron chi connectivity index (χ2n) is 5.28. The molecule has 2 aliphatic rings. The van der Waals surface area contributed by atoms with Crippen LogP contribution in [0, 0.1) is 0 Å². The normalized spacial score (nSPS) is 23.5. The van der Waals surface area contributed by atoms with Crippen molar-refractivity contribution in [2.75, 3.05) is 17.8 Å². The largest absolute Gasteiger partial charge is 0.497 e. The number of nitrogens with zero attached hydrogens (tertiary/aromatic N) is 2. The second kappa shape index (κ2) is 5.81. The average Bonchev–Trinajstić information content (AvgIpc) is 3.28. The number of hydrogen-bond donors (Lipinski definition) is 0. The SMILES string of the molecule is COc1ccc(N2C(=O)[C@@H]3CS[C@@H](c4cccs4)N3C2=S)cc1. The standard InChI is InChI=1S/C16H14N2O2S3/c1-20-11-6-4-10(5-7-11)17-14(19)12-9-23-15(18(12)16(17)21)13-3-2-8-22-13/h2-8,12,15H,9H2,1H3/t12-,15-/m0/s1. The van der Waals surface area contributed by atoms with Crippen LogP contribution in [0.2, 0.25) is 0 Å². The quantitative estimate of drug-likeness (QED) is 0.781. The number of carbonyl (C=O) groups excluding carboxylic acids is 1. The van der Waals surface area contributed by atoms with Crippen molar-refractivity contribution in [1.29, 1.82) is 0 Å². The number of rotatable bonds is 3. The van der Waals surface area contributed by atoms with Crippen LogP contribution >= 0.6 is 35.3 Å². The van der Waals surface area contributed by atoms with Gasteiger partial charge in [-0.1, -0.05) is 6.07 Å². The van der Waals surface area contributed by atoms with E-state index < -0.39 is 0 Å². The summed E-state index contributed by atoms with van der Waals surface area (Å²) in [7, 11) is 1.62. The number of benzene rings is 1. The van der Waals surface area contributed by atoms with E-state index in [1.807, 2.05) is 30.3 Å². The van der Waals surface area contributed by atoms with Crippen molar-refractivity contribution in [3.05, 3.63) is 46.7 Å². The van der Waals surface area contributed by atoms with E-state index in [0.29, 0.717) is 5.11 Å². The van der Waals surface area contributed by atoms with E-state index in [4.69, 9.17) is 17.0 Å². The zero-order chi connectivity index (χ0) is 16.0. The van der Waals surface area contributed by atoms with Crippen LogP contribution in [0.3, 0.4) is 0 Å². The lowest BCUT2D eigenvalue weighted by Gasteiger charge is -2.24. The molecule has 0 unspecified atom stereocenters. The monoisotopic (exact) mass is 362 g/mol. The van der Waals surface area contributed by atoms with E-state index >= 15 is 0 Å². The predicted molar refractivity (Wildman–Crippen MR) is 98.2 cm³/mol. The molecule has 4 rings (SSSR count). The van der Waals surface area contributed by atoms with Crippen molar-refractivity contribution in [2.24, 2.45) is 0 Å². The highest BCUT2D eigenvalue weighted by Gasteiger charge is 2.51. The van der Waals surface area contributed by atoms with E-state index in [2.05, 4.69) is 16.3 Å². The van der Waals surface area contributed by atoms with Crippen LogP contribution < -0.4 is 9.64 Å². The third-order valence-corrected chi connectivity index (χ3v) is 6.81. The first-order valence-electron chi connectivity index (χ1n) is 7.16. The third-order valence-electron chi connectivity index (χ3n) is 4.04. The Kier molecular flexibility index (Phi) is 3.79. The van der Waals surface area contributed by atoms with Crippen molar-refractivity contribution < 1.29 is 9.53 Å². The summed E-state index contributed by atoms with van der Waals surface area (Å²) in [4.78, 5) is 17.8. The van der Waals surface area contributed by atoms with Crippen molar-refractivity contribution in [2.45, 2.75) is 11.4 Å². The minimum atomic E-state index is -0.165. The molecule has 0 aliphatic carbocycles. The van der Waals surface area contributed by atoms with Gasteiger partial charge in [-0.25, -0.2) is 0 Å². The first kappa shape index (κ1) is 15.0. The molecule has 118 valence electrons. The first-order chi connectivity index (χ1) is 11.2. The highest BCUT2D eigenvalue weighted by atomic mass is 32.2. The van der Waals surface area contributed by atoms with Crippen LogP contribution in [-0.2, 0) is 4.79 Å². The number of methoxy groups -OCH3 is 1. The Morgan fingerprint density at radius 1 is 1.26 bits per heavy atom. The number of fused-ring (bicyclic) bond motifs is 1. The van der Waals surface area contributed by atoms with Crippen LogP contribution in [0.15, 0.2) is 41.8 Å². The number of anilines is 1. The van der Waals surface area contributed by atoms with E-state index in [0.717, 1.165) is 17.2 Å². The Balaban J connectivity index is 1.66. The van der Waals surface area contributed by atoms with E-state index in [9.17, 15) is 4.79 Å². The zero-order valence-corrected chi connectivity index (χ0v) is 14.8. The van der Waals surface area contributed by atoms with Gasteiger partial charge in [-0.2, -0.15) is 0 Å². The lowest BCUT2D eigenvalue weighted by atomic mass is 10.2. The number of thiocarbonyl (C=S) groups is 1. The lowest BCUT2D eigenvalue weighted by molar-refractivity contribution is -0.119. The van der Waals surface area contributed by atoms with Gasteiger partial charge in [-0.15, -0.1) is 23.1 Å². The van der Waals surface area contributed by atoms with Gasteiger partial charge in [0.25, 0.3) is 5.91 Å². The van der Waals surface area contributed by atoms with Gasteiger partial charge in [-0.05, 0) is 47.9 Å². The molecule has 2 fully saturated rings. The molecule has 0 N–H and O–H groups in total. The predicted octanol–water partition coefficient (Wildman–Crippen LogP) is 3.50. The fourth-order valence-electron chi connectivity index (χ4n) is 2.91. The molecule has 1 aromatic heterocycles. The van der Waals surface area contributed by atoms with Crippen molar-refractivity contribution in [3.63, 3.8) is 0 Å². The minimum absolute atomic E-state index is 0.0618. The van der Waals surface area contributed by atoms with Crippen molar-refractivity contribution in [3.8, 4) is 5.75 Å². The molecule has 7 heteroatoms. The van der Waals surface area contributed by atoms with Crippen LogP contribution in [0.1, 0.15) is 10.3 Å². The number of thioether (sulfide) groups is 1. The lowest BCUT2D eigenvalue weighted by Crippen LogP contribution is -2.33. The summed E-state index contributed by atoms with van der Waals surface area (Å²) in [5.74, 6) is 1.60. The summed E-state index contributed by atoms with van der Waals surface area (Å²) in [5, 5.41) is 2.79. The van der Waals surface area contributed by atoms with Crippen molar-refractivity contribution >= 4 is 52.0 Å². The van der Waals surface area contributed by atoms with E-state index in [1.165, 1.54) is 4.88 Å². The maximum atomic E-state index is 12.8. The highest BCUT2D eigenvalue weighted by Crippen LogP contribution is 2.47. The molecule has 0 radical (unpaired) electrons. The maximum absolute atomic E-state index is 12.8. The Bertz CT molecular complexity index is 745. The maximum Gasteiger partial charge on any atom is 0.257 e. The molecule has 0 bridgehead atoms. The van der Waals surface area contributed by atoms with Crippen LogP contribution in [-0.4, -0.2) is 34.8 Å². The smallest absolute Gasteiger partial charge is 0.257 e. The first-order valence-corrected chi connectivity index (χ1v) is 9.49. The number of thiophene rings is 1. The van der Waals surface area contributed by atoms with Gasteiger partial charge in [0, 0.05) is 10.6 Å². The van der Waals surface area contributed by atoms with E-state index in [-0.39, 0.29) is 17.3 Å². The molecular formula is C16H14N2O2S3. The molecule has 1 amide bonds. The van der Waals surface area contributed by atoms with Gasteiger partial charge in [-0.3, -0.25) is 9.69 Å². The molecule has 2 saturated heterocycles. The van der Waals surface area contributed by atoms with Gasteiger partial charge < -0.3 is 9.64 Å². The van der Waals surface area contributed by atoms with Gasteiger partial charge in [0.1, 0.15) is 17.2 Å². The summed E-state index contributed by atoms with van der Waals surface area (Å²) in [6.45, 7) is 0. The number of ether oxygens (including phenoxy) is 1. The second-order valence-corrected chi connectivity index (χ2v) is 7.74. The summed E-state index contributed by atoms with van der Waals surface area (Å²) in [6, 6.07) is 11.4. The molecule has 1 aromatic carbocycles. The molecule has 23 heavy (non-hydrogen) atoms. The molecule has 0 saturated carbocycles. The van der Waals surface area contributed by atoms with Gasteiger partial charge in [0.15, 0.2) is 5.11 Å². The van der Waals surface area contributed by atoms with Gasteiger partial charge in [0.05, 0.1) is 12.8 Å². The van der Waals surface area contributed by atoms with Crippen molar-refractivity contribution in [1.82, 2.24) is 4.90 Å². The number of carbonyl (C=O) groups is 1. The summed E-state index contributed by atoms with van der Waals surface area (Å²) in [6.07, 6.45) is 0. The Morgan fingerprint density at radius 3 is 2.70 bits per heavy atom. The fourth-order valence-corrected chi connectivity index (χ4v) is 5.79. The fraction of sp³-hybridized carbons (Fsp3) is 0.250. The molecule has 2 atom stereocenters. The summed E-state index contributed by atoms with van der Waals surface area (Å²) in [5.41, 5.74) is 0.796. The molecule has 0 spiro atoms. The van der Waals surface area contributed by atoms with E-state index in [1.54, 1.807) is 35.1 Å². The minimum Gasteiger partial charge on any atom is -0.497 e.